The van der Waals surface area contributed by atoms with Crippen molar-refractivity contribution < 1.29 is 24.8 Å². The maximum atomic E-state index is 10.7. The van der Waals surface area contributed by atoms with Crippen LogP contribution in [0.15, 0.2) is 0 Å². The summed E-state index contributed by atoms with van der Waals surface area (Å²) >= 11 is 0. The van der Waals surface area contributed by atoms with Crippen LogP contribution in [0.5, 0.6) is 0 Å². The van der Waals surface area contributed by atoms with Gasteiger partial charge in [-0.2, -0.15) is 5.48 Å². The normalized spacial score (nSPS) is 15.8. The van der Waals surface area contributed by atoms with Crippen molar-refractivity contribution in [3.05, 3.63) is 0 Å². The summed E-state index contributed by atoms with van der Waals surface area (Å²) in [6.07, 6.45) is 19.6. The quantitative estimate of drug-likeness (QED) is 0.0687. The molecule has 3 atom stereocenters. The molecule has 3 unspecified atom stereocenters. The fourth-order valence-electron chi connectivity index (χ4n) is 5.36. The van der Waals surface area contributed by atoms with Crippen LogP contribution in [-0.2, 0) is 0 Å². The minimum Gasteiger partial charge on any atom is -0.391 e. The molecule has 0 amide bonds. The van der Waals surface area contributed by atoms with E-state index in [1.807, 2.05) is 18.7 Å². The third-order valence-electron chi connectivity index (χ3n) is 7.42. The number of nitrogens with zero attached hydrogens (tertiary/aromatic N) is 1. The molecule has 0 aliphatic carbocycles. The lowest BCUT2D eigenvalue weighted by atomic mass is 9.80. The summed E-state index contributed by atoms with van der Waals surface area (Å²) in [4.78, 5) is 2.05. The van der Waals surface area contributed by atoms with E-state index in [-0.39, 0.29) is 15.6 Å². The van der Waals surface area contributed by atoms with Gasteiger partial charge in [-0.1, -0.05) is 117 Å². The topological polar surface area (TPSA) is 76.0 Å². The van der Waals surface area contributed by atoms with Crippen molar-refractivity contribution in [3.63, 3.8) is 0 Å². The van der Waals surface area contributed by atoms with Crippen molar-refractivity contribution in [1.29, 1.82) is 0 Å². The molecule has 4 N–H and O–H groups in total. The molecule has 0 aromatic rings. The van der Waals surface area contributed by atoms with Crippen LogP contribution in [0.3, 0.4) is 0 Å². The maximum Gasteiger partial charge on any atom is 0.0838 e. The van der Waals surface area contributed by atoms with E-state index in [0.717, 1.165) is 19.3 Å². The summed E-state index contributed by atoms with van der Waals surface area (Å²) in [6, 6.07) is 0. The number of halogens is 2. The van der Waals surface area contributed by atoms with Crippen LogP contribution < -0.4 is 5.48 Å². The standard InChI is InChI=1S/C27H58N2O3.2FH/c1-6-9-10-11-12-13-14-15-16-17-18-19-20-21-22-23-27(24(4)30,25(5)31)29(8-3)26(7-2)28-32;;/h24-26,28,30-32H,6-23H2,1-5H3;2*1H. The average Bonchev–Trinajstić information content (AvgIpc) is 2.77. The zero-order chi connectivity index (χ0) is 24.2. The van der Waals surface area contributed by atoms with Gasteiger partial charge in [-0.25, -0.2) is 0 Å². The second-order valence-corrected chi connectivity index (χ2v) is 9.88. The average molecular weight is 499 g/mol. The lowest BCUT2D eigenvalue weighted by Crippen LogP contribution is -2.67. The Hall–Kier alpha value is -0.340. The Bertz CT molecular complexity index is 403. The predicted octanol–water partition coefficient (Wildman–Crippen LogP) is 7.09. The molecular formula is C27H60F2N2O3. The molecule has 0 rings (SSSR count). The Morgan fingerprint density at radius 2 is 1.00 bits per heavy atom. The molecular weight excluding hydrogens is 438 g/mol. The third kappa shape index (κ3) is 14.3. The molecule has 0 bridgehead atoms. The molecule has 0 aromatic heterocycles. The van der Waals surface area contributed by atoms with Crippen molar-refractivity contribution >= 4 is 0 Å². The summed E-state index contributed by atoms with van der Waals surface area (Å²) in [7, 11) is 0. The van der Waals surface area contributed by atoms with Crippen LogP contribution in [0, 0.1) is 0 Å². The van der Waals surface area contributed by atoms with Gasteiger partial charge in [0.25, 0.3) is 0 Å². The SMILES string of the molecule is CCCCCCCCCCCCCCCCCC(C(C)O)(C(C)O)N(CC)C(CC)NO.F.F. The monoisotopic (exact) mass is 498 g/mol. The molecule has 34 heavy (non-hydrogen) atoms. The van der Waals surface area contributed by atoms with Gasteiger partial charge >= 0.3 is 0 Å². The van der Waals surface area contributed by atoms with Gasteiger partial charge in [0.05, 0.1) is 23.9 Å². The zero-order valence-electron chi connectivity index (χ0n) is 23.1. The Morgan fingerprint density at radius 3 is 1.26 bits per heavy atom. The number of hydroxylamine groups is 1. The summed E-state index contributed by atoms with van der Waals surface area (Å²) in [6.45, 7) is 10.5. The summed E-state index contributed by atoms with van der Waals surface area (Å²) < 4.78 is 0. The van der Waals surface area contributed by atoms with E-state index in [9.17, 15) is 15.4 Å². The Kier molecular flexibility index (Phi) is 27.4. The van der Waals surface area contributed by atoms with Gasteiger partial charge in [0.15, 0.2) is 0 Å². The molecule has 0 aliphatic rings. The Balaban J connectivity index is -0.00000480. The molecule has 7 heteroatoms. The minimum absolute atomic E-state index is 0. The maximum absolute atomic E-state index is 10.7. The van der Waals surface area contributed by atoms with Crippen LogP contribution in [0.25, 0.3) is 0 Å². The van der Waals surface area contributed by atoms with E-state index in [2.05, 4.69) is 12.4 Å². The number of hydrogen-bond acceptors (Lipinski definition) is 5. The zero-order valence-corrected chi connectivity index (χ0v) is 23.1. The highest BCUT2D eigenvalue weighted by Crippen LogP contribution is 2.33. The van der Waals surface area contributed by atoms with Gasteiger partial charge in [-0.05, 0) is 33.2 Å². The summed E-state index contributed by atoms with van der Waals surface area (Å²) in [5, 5.41) is 31.0. The minimum atomic E-state index is -0.748. The molecule has 5 nitrogen and oxygen atoms in total. The first kappa shape index (κ1) is 38.2. The van der Waals surface area contributed by atoms with Crippen LogP contribution in [-0.4, -0.2) is 50.8 Å². The van der Waals surface area contributed by atoms with Crippen LogP contribution in [0.4, 0.5) is 9.41 Å². The largest absolute Gasteiger partial charge is 0.391 e. The van der Waals surface area contributed by atoms with Gasteiger partial charge in [0.1, 0.15) is 0 Å². The van der Waals surface area contributed by atoms with Crippen molar-refractivity contribution in [2.24, 2.45) is 0 Å². The van der Waals surface area contributed by atoms with Gasteiger partial charge in [-0.15, -0.1) is 0 Å². The van der Waals surface area contributed by atoms with Crippen LogP contribution in [0.1, 0.15) is 144 Å². The van der Waals surface area contributed by atoms with Crippen LogP contribution >= 0.6 is 0 Å². The van der Waals surface area contributed by atoms with Gasteiger partial charge < -0.3 is 15.4 Å². The van der Waals surface area contributed by atoms with E-state index in [1.165, 1.54) is 83.5 Å². The molecule has 0 heterocycles. The number of likely N-dealkylation sites (N-methyl/N-ethyl adjacent to an activating group) is 1. The fraction of sp³-hybridized carbons (Fsp3) is 1.00. The molecule has 0 aliphatic heterocycles. The van der Waals surface area contributed by atoms with E-state index < -0.39 is 17.7 Å². The molecule has 0 fully saturated rings. The first-order chi connectivity index (χ1) is 15.4. The number of unbranched alkanes of at least 4 members (excludes halogenated alkanes) is 14. The second-order valence-electron chi connectivity index (χ2n) is 9.88. The van der Waals surface area contributed by atoms with E-state index in [4.69, 9.17) is 0 Å². The fourth-order valence-corrected chi connectivity index (χ4v) is 5.36. The lowest BCUT2D eigenvalue weighted by Gasteiger charge is -2.51. The predicted molar refractivity (Wildman–Crippen MR) is 142 cm³/mol. The number of aliphatic hydroxyl groups is 2. The highest BCUT2D eigenvalue weighted by Gasteiger charge is 2.46. The second kappa shape index (κ2) is 24.4. The Labute approximate surface area is 209 Å². The molecule has 210 valence electrons. The third-order valence-corrected chi connectivity index (χ3v) is 7.42. The van der Waals surface area contributed by atoms with E-state index >= 15 is 0 Å². The number of nitrogens with one attached hydrogen (secondary N) is 1. The lowest BCUT2D eigenvalue weighted by molar-refractivity contribution is -0.137. The number of hydrogen-bond donors (Lipinski definition) is 4. The van der Waals surface area contributed by atoms with E-state index in [1.54, 1.807) is 13.8 Å². The van der Waals surface area contributed by atoms with Crippen molar-refractivity contribution in [1.82, 2.24) is 10.4 Å². The highest BCUT2D eigenvalue weighted by molar-refractivity contribution is 5.00. The Morgan fingerprint density at radius 1 is 0.647 bits per heavy atom. The van der Waals surface area contributed by atoms with Gasteiger partial charge in [-0.3, -0.25) is 14.3 Å². The van der Waals surface area contributed by atoms with Gasteiger partial charge in [0.2, 0.25) is 0 Å². The molecule has 0 spiro atoms. The highest BCUT2D eigenvalue weighted by atomic mass is 19.0. The van der Waals surface area contributed by atoms with Gasteiger partial charge in [0, 0.05) is 0 Å². The summed E-state index contributed by atoms with van der Waals surface area (Å²) in [5.74, 6) is 0. The first-order valence-corrected chi connectivity index (χ1v) is 13.9. The smallest absolute Gasteiger partial charge is 0.0838 e. The first-order valence-electron chi connectivity index (χ1n) is 13.9. The summed E-state index contributed by atoms with van der Waals surface area (Å²) in [5.41, 5.74) is 1.63. The molecule has 0 aromatic carbocycles. The molecule has 0 saturated carbocycles. The molecule has 0 saturated heterocycles. The van der Waals surface area contributed by atoms with E-state index in [0.29, 0.717) is 13.0 Å². The number of rotatable bonds is 23. The molecule has 0 radical (unpaired) electrons. The number of aliphatic hydroxyl groups excluding tert-OH is 2. The van der Waals surface area contributed by atoms with Crippen molar-refractivity contribution in [3.8, 4) is 0 Å². The van der Waals surface area contributed by atoms with Crippen molar-refractivity contribution in [2.75, 3.05) is 6.54 Å². The van der Waals surface area contributed by atoms with Crippen molar-refractivity contribution in [2.45, 2.75) is 168 Å². The van der Waals surface area contributed by atoms with Crippen LogP contribution in [0.2, 0.25) is 0 Å².